The molecule has 0 spiro atoms. The fraction of sp³-hybridized carbons (Fsp3) is 0.308. The predicted molar refractivity (Wildman–Crippen MR) is 75.8 cm³/mol. The summed E-state index contributed by atoms with van der Waals surface area (Å²) in [6, 6.07) is 6.15. The smallest absolute Gasteiger partial charge is 0.226 e. The lowest BCUT2D eigenvalue weighted by Gasteiger charge is -2.13. The molecule has 0 bridgehead atoms. The number of nitrogens with one attached hydrogen (secondary N) is 1. The Balaban J connectivity index is 2.55. The van der Waals surface area contributed by atoms with E-state index in [1.54, 1.807) is 6.33 Å². The molecule has 2 rings (SSSR count). The molecule has 0 radical (unpaired) electrons. The van der Waals surface area contributed by atoms with Crippen LogP contribution in [0, 0.1) is 18.6 Å². The lowest BCUT2D eigenvalue weighted by Crippen LogP contribution is -2.09. The van der Waals surface area contributed by atoms with E-state index in [1.165, 1.54) is 0 Å². The van der Waals surface area contributed by atoms with Gasteiger partial charge in [-0.3, -0.25) is 4.57 Å². The van der Waals surface area contributed by atoms with Crippen molar-refractivity contribution in [3.05, 3.63) is 40.4 Å². The summed E-state index contributed by atoms with van der Waals surface area (Å²) >= 11 is 5.33. The van der Waals surface area contributed by atoms with Crippen molar-refractivity contribution in [1.82, 2.24) is 14.5 Å². The highest BCUT2D eigenvalue weighted by Crippen LogP contribution is 2.18. The Morgan fingerprint density at radius 1 is 1.28 bits per heavy atom. The van der Waals surface area contributed by atoms with Crippen molar-refractivity contribution in [2.24, 2.45) is 0 Å². The molecule has 0 unspecified atom stereocenters. The molecule has 0 amide bonds. The van der Waals surface area contributed by atoms with Crippen LogP contribution >= 0.6 is 12.2 Å². The van der Waals surface area contributed by atoms with Crippen LogP contribution in [0.25, 0.3) is 5.69 Å². The minimum atomic E-state index is 0.512. The number of anilines is 1. The lowest BCUT2D eigenvalue weighted by atomic mass is 10.1. The molecule has 0 aliphatic carbocycles. The largest absolute Gasteiger partial charge is 0.354 e. The van der Waals surface area contributed by atoms with Gasteiger partial charge in [-0.05, 0) is 44.1 Å². The fourth-order valence-electron chi connectivity index (χ4n) is 1.92. The van der Waals surface area contributed by atoms with Gasteiger partial charge < -0.3 is 5.32 Å². The Morgan fingerprint density at radius 2 is 1.94 bits per heavy atom. The summed E-state index contributed by atoms with van der Waals surface area (Å²) in [5, 5.41) is 3.05. The Bertz CT molecular complexity index is 598. The Hall–Kier alpha value is -1.75. The van der Waals surface area contributed by atoms with Crippen molar-refractivity contribution in [3.8, 4) is 5.69 Å². The number of hydrogen-bond donors (Lipinski definition) is 1. The highest BCUT2D eigenvalue weighted by atomic mass is 32.1. The van der Waals surface area contributed by atoms with Crippen molar-refractivity contribution in [2.45, 2.75) is 20.8 Å². The van der Waals surface area contributed by atoms with Crippen LogP contribution in [0.4, 0.5) is 5.95 Å². The second-order valence-corrected chi connectivity index (χ2v) is 4.47. The number of para-hydroxylation sites is 1. The molecule has 0 aliphatic rings. The van der Waals surface area contributed by atoms with Crippen molar-refractivity contribution < 1.29 is 0 Å². The van der Waals surface area contributed by atoms with Gasteiger partial charge in [0.1, 0.15) is 6.33 Å². The maximum atomic E-state index is 5.33. The highest BCUT2D eigenvalue weighted by molar-refractivity contribution is 7.71. The van der Waals surface area contributed by atoms with Crippen molar-refractivity contribution in [2.75, 3.05) is 11.9 Å². The third-order valence-electron chi connectivity index (χ3n) is 2.72. The minimum Gasteiger partial charge on any atom is -0.354 e. The van der Waals surface area contributed by atoms with Gasteiger partial charge in [0.2, 0.25) is 10.7 Å². The summed E-state index contributed by atoms with van der Waals surface area (Å²) in [5.74, 6) is 0.574. The first kappa shape index (κ1) is 12.7. The van der Waals surface area contributed by atoms with Crippen molar-refractivity contribution in [1.29, 1.82) is 0 Å². The molecule has 2 aromatic rings. The Morgan fingerprint density at radius 3 is 2.50 bits per heavy atom. The molecule has 0 atom stereocenters. The van der Waals surface area contributed by atoms with E-state index in [0.29, 0.717) is 10.7 Å². The van der Waals surface area contributed by atoms with Gasteiger partial charge >= 0.3 is 0 Å². The van der Waals surface area contributed by atoms with Gasteiger partial charge in [0.25, 0.3) is 0 Å². The van der Waals surface area contributed by atoms with E-state index < -0.39 is 0 Å². The van der Waals surface area contributed by atoms with Gasteiger partial charge in [-0.2, -0.15) is 4.98 Å². The predicted octanol–water partition coefficient (Wildman–Crippen LogP) is 3.05. The molecule has 0 saturated carbocycles. The van der Waals surface area contributed by atoms with Crippen LogP contribution in [0.15, 0.2) is 24.5 Å². The molecule has 4 nitrogen and oxygen atoms in total. The zero-order chi connectivity index (χ0) is 13.1. The van der Waals surface area contributed by atoms with E-state index in [4.69, 9.17) is 12.2 Å². The topological polar surface area (TPSA) is 42.7 Å². The van der Waals surface area contributed by atoms with E-state index in [-0.39, 0.29) is 0 Å². The van der Waals surface area contributed by atoms with Gasteiger partial charge in [0.05, 0.1) is 5.69 Å². The highest BCUT2D eigenvalue weighted by Gasteiger charge is 2.06. The summed E-state index contributed by atoms with van der Waals surface area (Å²) < 4.78 is 2.36. The summed E-state index contributed by atoms with van der Waals surface area (Å²) in [5.41, 5.74) is 3.38. The van der Waals surface area contributed by atoms with Crippen LogP contribution in [0.3, 0.4) is 0 Å². The summed E-state index contributed by atoms with van der Waals surface area (Å²) in [6.45, 7) is 6.89. The monoisotopic (exact) mass is 260 g/mol. The number of rotatable bonds is 3. The number of aromatic nitrogens is 3. The average molecular weight is 260 g/mol. The van der Waals surface area contributed by atoms with Crippen LogP contribution in [0.2, 0.25) is 0 Å². The number of nitrogens with zero attached hydrogens (tertiary/aromatic N) is 3. The first-order valence-corrected chi connectivity index (χ1v) is 6.30. The Kier molecular flexibility index (Phi) is 3.72. The number of aryl methyl sites for hydroxylation is 2. The summed E-state index contributed by atoms with van der Waals surface area (Å²) in [4.78, 5) is 8.54. The molecule has 1 aromatic heterocycles. The van der Waals surface area contributed by atoms with Crippen LogP contribution < -0.4 is 5.32 Å². The lowest BCUT2D eigenvalue weighted by molar-refractivity contribution is 0.878. The van der Waals surface area contributed by atoms with E-state index in [1.807, 2.05) is 17.6 Å². The average Bonchev–Trinajstić information content (AvgIpc) is 2.32. The molecule has 5 heteroatoms. The molecule has 1 heterocycles. The van der Waals surface area contributed by atoms with E-state index in [9.17, 15) is 0 Å². The molecule has 1 N–H and O–H groups in total. The zero-order valence-corrected chi connectivity index (χ0v) is 11.6. The van der Waals surface area contributed by atoms with Crippen LogP contribution in [0.1, 0.15) is 18.1 Å². The Labute approximate surface area is 112 Å². The third-order valence-corrected chi connectivity index (χ3v) is 3.01. The molecule has 1 aromatic carbocycles. The first-order chi connectivity index (χ1) is 8.63. The zero-order valence-electron chi connectivity index (χ0n) is 10.8. The van der Waals surface area contributed by atoms with Crippen molar-refractivity contribution in [3.63, 3.8) is 0 Å². The molecule has 0 saturated heterocycles. The number of hydrogen-bond acceptors (Lipinski definition) is 4. The molecule has 18 heavy (non-hydrogen) atoms. The van der Waals surface area contributed by atoms with Gasteiger partial charge in [-0.25, -0.2) is 4.98 Å². The minimum absolute atomic E-state index is 0.512. The SMILES string of the molecule is CCNc1ncn(-c2c(C)cccc2C)c(=S)n1. The standard InChI is InChI=1S/C13H16N4S/c1-4-14-12-15-8-17(13(18)16-12)11-9(2)6-5-7-10(11)3/h5-8H,4H2,1-3H3,(H,14,16,18). The molecular formula is C13H16N4S. The fourth-order valence-corrected chi connectivity index (χ4v) is 2.14. The first-order valence-electron chi connectivity index (χ1n) is 5.89. The summed E-state index contributed by atoms with van der Waals surface area (Å²) in [7, 11) is 0. The van der Waals surface area contributed by atoms with E-state index in [2.05, 4.69) is 41.3 Å². The molecule has 0 aliphatic heterocycles. The van der Waals surface area contributed by atoms with Gasteiger partial charge in [0, 0.05) is 6.54 Å². The van der Waals surface area contributed by atoms with Crippen LogP contribution in [-0.2, 0) is 0 Å². The van der Waals surface area contributed by atoms with Gasteiger partial charge in [0.15, 0.2) is 0 Å². The van der Waals surface area contributed by atoms with Crippen LogP contribution in [0.5, 0.6) is 0 Å². The van der Waals surface area contributed by atoms with E-state index >= 15 is 0 Å². The maximum absolute atomic E-state index is 5.33. The van der Waals surface area contributed by atoms with Gasteiger partial charge in [-0.1, -0.05) is 18.2 Å². The molecule has 0 fully saturated rings. The second kappa shape index (κ2) is 5.27. The second-order valence-electron chi connectivity index (χ2n) is 4.10. The third kappa shape index (κ3) is 2.41. The maximum Gasteiger partial charge on any atom is 0.226 e. The summed E-state index contributed by atoms with van der Waals surface area (Å²) in [6.07, 6.45) is 1.72. The van der Waals surface area contributed by atoms with Crippen LogP contribution in [-0.4, -0.2) is 21.1 Å². The molecular weight excluding hydrogens is 244 g/mol. The van der Waals surface area contributed by atoms with E-state index in [0.717, 1.165) is 23.4 Å². The number of benzene rings is 1. The normalized spacial score (nSPS) is 10.4. The molecule has 94 valence electrons. The van der Waals surface area contributed by atoms with Gasteiger partial charge in [-0.15, -0.1) is 0 Å². The quantitative estimate of drug-likeness (QED) is 0.861. The van der Waals surface area contributed by atoms with Crippen molar-refractivity contribution >= 4 is 18.2 Å².